The van der Waals surface area contributed by atoms with Crippen molar-refractivity contribution in [2.75, 3.05) is 33.4 Å². The molecule has 6 heteroatoms. The van der Waals surface area contributed by atoms with Gasteiger partial charge in [-0.1, -0.05) is 0 Å². The van der Waals surface area contributed by atoms with Crippen LogP contribution in [0.4, 0.5) is 4.79 Å². The van der Waals surface area contributed by atoms with Crippen molar-refractivity contribution in [1.29, 1.82) is 0 Å². The number of nitrogens with zero attached hydrogens (tertiary/aromatic N) is 1. The minimum atomic E-state index is -0.824. The van der Waals surface area contributed by atoms with Gasteiger partial charge >= 0.3 is 12.0 Å². The molecular weight excluding hydrogens is 260 g/mol. The van der Waals surface area contributed by atoms with Crippen LogP contribution in [-0.2, 0) is 9.53 Å². The third kappa shape index (κ3) is 5.00. The number of rotatable bonds is 7. The fourth-order valence-corrected chi connectivity index (χ4v) is 2.44. The van der Waals surface area contributed by atoms with Crippen molar-refractivity contribution in [2.45, 2.75) is 39.0 Å². The molecule has 1 aliphatic heterocycles. The van der Waals surface area contributed by atoms with Gasteiger partial charge in [0.1, 0.15) is 0 Å². The summed E-state index contributed by atoms with van der Waals surface area (Å²) >= 11 is 0. The van der Waals surface area contributed by atoms with E-state index in [1.54, 1.807) is 18.9 Å². The van der Waals surface area contributed by atoms with E-state index in [4.69, 9.17) is 4.74 Å². The van der Waals surface area contributed by atoms with E-state index in [2.05, 4.69) is 5.32 Å². The van der Waals surface area contributed by atoms with E-state index in [0.29, 0.717) is 19.5 Å². The summed E-state index contributed by atoms with van der Waals surface area (Å²) in [6.07, 6.45) is 4.29. The van der Waals surface area contributed by atoms with E-state index in [1.165, 1.54) is 0 Å². The number of likely N-dealkylation sites (tertiary alicyclic amines) is 1. The average molecular weight is 286 g/mol. The molecule has 0 aromatic rings. The molecule has 6 nitrogen and oxygen atoms in total. The molecule has 20 heavy (non-hydrogen) atoms. The maximum absolute atomic E-state index is 12.0. The summed E-state index contributed by atoms with van der Waals surface area (Å²) in [5.74, 6) is -0.824. The van der Waals surface area contributed by atoms with Crippen LogP contribution in [0.5, 0.6) is 0 Å². The number of hydrogen-bond donors (Lipinski definition) is 2. The summed E-state index contributed by atoms with van der Waals surface area (Å²) in [6, 6.07) is -0.149. The van der Waals surface area contributed by atoms with Gasteiger partial charge in [-0.3, -0.25) is 4.79 Å². The SMILES string of the molecule is COCCCCCNC(=O)N1CCCC(C)(C(=O)O)C1. The van der Waals surface area contributed by atoms with Crippen molar-refractivity contribution in [3.8, 4) is 0 Å². The monoisotopic (exact) mass is 286 g/mol. The highest BCUT2D eigenvalue weighted by Crippen LogP contribution is 2.29. The first-order chi connectivity index (χ1) is 9.49. The lowest BCUT2D eigenvalue weighted by Gasteiger charge is -2.37. The molecule has 1 fully saturated rings. The molecule has 1 heterocycles. The van der Waals surface area contributed by atoms with Crippen LogP contribution in [0.3, 0.4) is 0 Å². The van der Waals surface area contributed by atoms with Gasteiger partial charge < -0.3 is 20.1 Å². The zero-order chi connectivity index (χ0) is 15.0. The van der Waals surface area contributed by atoms with Gasteiger partial charge in [-0.05, 0) is 39.0 Å². The number of unbranched alkanes of at least 4 members (excludes halogenated alkanes) is 2. The number of ether oxygens (including phenoxy) is 1. The molecule has 0 saturated carbocycles. The van der Waals surface area contributed by atoms with E-state index < -0.39 is 11.4 Å². The third-order valence-corrected chi connectivity index (χ3v) is 3.80. The zero-order valence-corrected chi connectivity index (χ0v) is 12.5. The maximum atomic E-state index is 12.0. The predicted octanol–water partition coefficient (Wildman–Crippen LogP) is 1.70. The topological polar surface area (TPSA) is 78.9 Å². The number of amides is 2. The second kappa shape index (κ2) is 8.09. The molecule has 2 N–H and O–H groups in total. The molecular formula is C14H26N2O4. The lowest BCUT2D eigenvalue weighted by Crippen LogP contribution is -2.51. The van der Waals surface area contributed by atoms with E-state index >= 15 is 0 Å². The minimum Gasteiger partial charge on any atom is -0.481 e. The summed E-state index contributed by atoms with van der Waals surface area (Å²) in [4.78, 5) is 24.8. The fourth-order valence-electron chi connectivity index (χ4n) is 2.44. The molecule has 0 bridgehead atoms. The van der Waals surface area contributed by atoms with Crippen molar-refractivity contribution in [1.82, 2.24) is 10.2 Å². The van der Waals surface area contributed by atoms with Gasteiger partial charge in [-0.25, -0.2) is 4.79 Å². The Balaban J connectivity index is 2.27. The van der Waals surface area contributed by atoms with Gasteiger partial charge in [0.2, 0.25) is 0 Å². The molecule has 1 unspecified atom stereocenters. The molecule has 1 atom stereocenters. The van der Waals surface area contributed by atoms with Crippen molar-refractivity contribution in [2.24, 2.45) is 5.41 Å². The summed E-state index contributed by atoms with van der Waals surface area (Å²) in [5, 5.41) is 12.1. The molecule has 2 amide bonds. The first kappa shape index (κ1) is 16.8. The second-order valence-corrected chi connectivity index (χ2v) is 5.68. The smallest absolute Gasteiger partial charge is 0.317 e. The number of carbonyl (C=O) groups excluding carboxylic acids is 1. The quantitative estimate of drug-likeness (QED) is 0.698. The molecule has 1 rings (SSSR count). The number of carbonyl (C=O) groups is 2. The molecule has 0 aromatic carbocycles. The summed E-state index contributed by atoms with van der Waals surface area (Å²) in [5.41, 5.74) is -0.811. The number of nitrogens with one attached hydrogen (secondary N) is 1. The van der Waals surface area contributed by atoms with Crippen LogP contribution in [0.25, 0.3) is 0 Å². The highest BCUT2D eigenvalue weighted by molar-refractivity contribution is 5.78. The number of carboxylic acids is 1. The lowest BCUT2D eigenvalue weighted by molar-refractivity contribution is -0.150. The lowest BCUT2D eigenvalue weighted by atomic mass is 9.82. The Morgan fingerprint density at radius 2 is 2.10 bits per heavy atom. The Morgan fingerprint density at radius 3 is 2.75 bits per heavy atom. The van der Waals surface area contributed by atoms with Crippen molar-refractivity contribution < 1.29 is 19.4 Å². The first-order valence-corrected chi connectivity index (χ1v) is 7.25. The van der Waals surface area contributed by atoms with Crippen LogP contribution < -0.4 is 5.32 Å². The molecule has 0 spiro atoms. The van der Waals surface area contributed by atoms with Crippen LogP contribution >= 0.6 is 0 Å². The Labute approximate surface area is 120 Å². The van der Waals surface area contributed by atoms with Gasteiger partial charge in [-0.2, -0.15) is 0 Å². The van der Waals surface area contributed by atoms with Gasteiger partial charge in [0.15, 0.2) is 0 Å². The van der Waals surface area contributed by atoms with E-state index in [0.717, 1.165) is 32.3 Å². The van der Waals surface area contributed by atoms with Gasteiger partial charge in [0, 0.05) is 33.4 Å². The standard InChI is InChI=1S/C14H26N2O4/c1-14(12(17)18)7-6-9-16(11-14)13(19)15-8-4-3-5-10-20-2/h3-11H2,1-2H3,(H,15,19)(H,17,18). The van der Waals surface area contributed by atoms with Gasteiger partial charge in [-0.15, -0.1) is 0 Å². The molecule has 1 aliphatic rings. The van der Waals surface area contributed by atoms with Crippen LogP contribution in [0.1, 0.15) is 39.0 Å². The second-order valence-electron chi connectivity index (χ2n) is 5.68. The average Bonchev–Trinajstić information content (AvgIpc) is 2.42. The van der Waals surface area contributed by atoms with E-state index in [9.17, 15) is 14.7 Å². The number of urea groups is 1. The van der Waals surface area contributed by atoms with Crippen LogP contribution in [0, 0.1) is 5.41 Å². The number of aliphatic carboxylic acids is 1. The minimum absolute atomic E-state index is 0.149. The number of piperidine rings is 1. The Bertz CT molecular complexity index is 335. The molecule has 0 aliphatic carbocycles. The molecule has 116 valence electrons. The number of carboxylic acid groups (broad SMARTS) is 1. The summed E-state index contributed by atoms with van der Waals surface area (Å²) < 4.78 is 4.96. The van der Waals surface area contributed by atoms with Gasteiger partial charge in [0.05, 0.1) is 5.41 Å². The fraction of sp³-hybridized carbons (Fsp3) is 0.857. The van der Waals surface area contributed by atoms with Crippen molar-refractivity contribution in [3.05, 3.63) is 0 Å². The zero-order valence-electron chi connectivity index (χ0n) is 12.5. The van der Waals surface area contributed by atoms with Crippen LogP contribution in [0.15, 0.2) is 0 Å². The largest absolute Gasteiger partial charge is 0.481 e. The van der Waals surface area contributed by atoms with Crippen LogP contribution in [0.2, 0.25) is 0 Å². The highest BCUT2D eigenvalue weighted by atomic mass is 16.5. The first-order valence-electron chi connectivity index (χ1n) is 7.25. The maximum Gasteiger partial charge on any atom is 0.317 e. The van der Waals surface area contributed by atoms with E-state index in [-0.39, 0.29) is 12.6 Å². The van der Waals surface area contributed by atoms with Crippen LogP contribution in [-0.4, -0.2) is 55.4 Å². The van der Waals surface area contributed by atoms with Crippen molar-refractivity contribution >= 4 is 12.0 Å². The molecule has 0 aromatic heterocycles. The van der Waals surface area contributed by atoms with E-state index in [1.807, 2.05) is 0 Å². The van der Waals surface area contributed by atoms with Gasteiger partial charge in [0.25, 0.3) is 0 Å². The Morgan fingerprint density at radius 1 is 1.35 bits per heavy atom. The highest BCUT2D eigenvalue weighted by Gasteiger charge is 2.39. The summed E-state index contributed by atoms with van der Waals surface area (Å²) in [6.45, 7) is 4.01. The normalized spacial score (nSPS) is 22.6. The predicted molar refractivity (Wildman–Crippen MR) is 75.7 cm³/mol. The van der Waals surface area contributed by atoms with Crippen molar-refractivity contribution in [3.63, 3.8) is 0 Å². The molecule has 1 saturated heterocycles. The Hall–Kier alpha value is -1.30. The Kier molecular flexibility index (Phi) is 6.78. The number of methoxy groups -OCH3 is 1. The third-order valence-electron chi connectivity index (χ3n) is 3.80. The summed E-state index contributed by atoms with van der Waals surface area (Å²) in [7, 11) is 1.68. The molecule has 0 radical (unpaired) electrons. The number of hydrogen-bond acceptors (Lipinski definition) is 3.